The Bertz CT molecular complexity index is 1850. The van der Waals surface area contributed by atoms with Crippen molar-refractivity contribution in [2.75, 3.05) is 26.6 Å². The average molecular weight is 636 g/mol. The lowest BCUT2D eigenvalue weighted by Gasteiger charge is -2.37. The Kier molecular flexibility index (Phi) is 7.99. The fourth-order valence-electron chi connectivity index (χ4n) is 8.32. The predicted molar refractivity (Wildman–Crippen MR) is 184 cm³/mol. The standard InChI is InChI=1S/C38H45N5O4/c1-21(46-5)34(42-37(45)47-6)36(44)43-32-10-8-7-9-24(32)19-33(43)35-40-30-16-12-23(18-31(30)41-35)22-11-14-26-27-15-13-25(39-4)20-29(27)38(2,3)28(26)17-22/h11-18,20-21,24,32-34,39H,7-10,19H2,1-6H3,(H,40,41)(H,42,45)/t21-,24+,32?,33?,34?/m1/s1. The first-order chi connectivity index (χ1) is 22.6. The molecule has 3 N–H and O–H groups in total. The molecule has 2 aliphatic carbocycles. The molecular weight excluding hydrogens is 590 g/mol. The second-order valence-electron chi connectivity index (χ2n) is 13.9. The van der Waals surface area contributed by atoms with Crippen LogP contribution in [0.2, 0.25) is 0 Å². The van der Waals surface area contributed by atoms with Gasteiger partial charge in [-0.05, 0) is 95.8 Å². The summed E-state index contributed by atoms with van der Waals surface area (Å²) in [6.07, 6.45) is 3.93. The molecule has 0 radical (unpaired) electrons. The monoisotopic (exact) mass is 635 g/mol. The molecule has 47 heavy (non-hydrogen) atoms. The zero-order valence-corrected chi connectivity index (χ0v) is 28.1. The van der Waals surface area contributed by atoms with Crippen LogP contribution in [0.5, 0.6) is 0 Å². The first kappa shape index (κ1) is 31.2. The number of methoxy groups -OCH3 is 2. The van der Waals surface area contributed by atoms with E-state index in [2.05, 4.69) is 84.1 Å². The lowest BCUT2D eigenvalue weighted by Crippen LogP contribution is -2.56. The minimum atomic E-state index is -0.869. The molecule has 246 valence electrons. The number of H-pyrrole nitrogens is 1. The van der Waals surface area contributed by atoms with Crippen LogP contribution in [0.4, 0.5) is 10.5 Å². The van der Waals surface area contributed by atoms with Crippen molar-refractivity contribution in [1.82, 2.24) is 20.2 Å². The summed E-state index contributed by atoms with van der Waals surface area (Å²) in [7, 11) is 4.81. The Morgan fingerprint density at radius 1 is 0.979 bits per heavy atom. The second-order valence-corrected chi connectivity index (χ2v) is 13.9. The Morgan fingerprint density at radius 3 is 2.43 bits per heavy atom. The van der Waals surface area contributed by atoms with Gasteiger partial charge in [0.1, 0.15) is 11.9 Å². The number of rotatable bonds is 7. The van der Waals surface area contributed by atoms with E-state index in [4.69, 9.17) is 14.5 Å². The smallest absolute Gasteiger partial charge is 0.407 e. The summed E-state index contributed by atoms with van der Waals surface area (Å²) in [5.74, 6) is 1.02. The molecule has 3 aliphatic rings. The zero-order chi connectivity index (χ0) is 33.0. The van der Waals surface area contributed by atoms with E-state index in [1.165, 1.54) is 29.4 Å². The van der Waals surface area contributed by atoms with Gasteiger partial charge in [-0.1, -0.05) is 51.0 Å². The number of anilines is 1. The van der Waals surface area contributed by atoms with Gasteiger partial charge in [-0.15, -0.1) is 0 Å². The highest BCUT2D eigenvalue weighted by molar-refractivity contribution is 5.89. The number of benzene rings is 3. The number of carbonyl (C=O) groups is 2. The van der Waals surface area contributed by atoms with Crippen molar-refractivity contribution in [2.45, 2.75) is 82.5 Å². The van der Waals surface area contributed by atoms with Gasteiger partial charge in [0.05, 0.1) is 30.3 Å². The fraction of sp³-hybridized carbons (Fsp3) is 0.447. The van der Waals surface area contributed by atoms with Gasteiger partial charge in [0.25, 0.3) is 0 Å². The van der Waals surface area contributed by atoms with Crippen molar-refractivity contribution < 1.29 is 19.1 Å². The number of nitrogens with zero attached hydrogens (tertiary/aromatic N) is 2. The van der Waals surface area contributed by atoms with Gasteiger partial charge >= 0.3 is 6.09 Å². The molecule has 9 heteroatoms. The van der Waals surface area contributed by atoms with Crippen LogP contribution in [0.15, 0.2) is 54.6 Å². The van der Waals surface area contributed by atoms with E-state index < -0.39 is 18.2 Å². The molecule has 1 saturated heterocycles. The summed E-state index contributed by atoms with van der Waals surface area (Å²) >= 11 is 0. The molecule has 4 aromatic rings. The highest BCUT2D eigenvalue weighted by Crippen LogP contribution is 2.51. The minimum absolute atomic E-state index is 0.0964. The van der Waals surface area contributed by atoms with E-state index in [1.54, 1.807) is 14.0 Å². The number of alkyl carbamates (subject to hydrolysis) is 1. The van der Waals surface area contributed by atoms with Crippen molar-refractivity contribution in [3.63, 3.8) is 0 Å². The Balaban J connectivity index is 1.22. The molecule has 1 saturated carbocycles. The van der Waals surface area contributed by atoms with E-state index in [0.717, 1.165) is 65.8 Å². The molecule has 0 bridgehead atoms. The minimum Gasteiger partial charge on any atom is -0.453 e. The molecule has 2 amide bonds. The first-order valence-corrected chi connectivity index (χ1v) is 16.8. The van der Waals surface area contributed by atoms with E-state index in [1.807, 2.05) is 11.9 Å². The van der Waals surface area contributed by atoms with E-state index >= 15 is 0 Å². The number of nitrogens with one attached hydrogen (secondary N) is 3. The molecule has 7 rings (SSSR count). The third-order valence-electron chi connectivity index (χ3n) is 11.0. The summed E-state index contributed by atoms with van der Waals surface area (Å²) in [6.45, 7) is 6.40. The van der Waals surface area contributed by atoms with Gasteiger partial charge in [-0.2, -0.15) is 0 Å². The highest BCUT2D eigenvalue weighted by Gasteiger charge is 2.49. The second kappa shape index (κ2) is 12.0. The van der Waals surface area contributed by atoms with Crippen molar-refractivity contribution in [3.05, 3.63) is 71.5 Å². The number of aromatic nitrogens is 2. The molecule has 9 nitrogen and oxygen atoms in total. The number of hydrogen-bond acceptors (Lipinski definition) is 6. The van der Waals surface area contributed by atoms with Gasteiger partial charge in [-0.3, -0.25) is 4.79 Å². The number of ether oxygens (including phenoxy) is 2. The van der Waals surface area contributed by atoms with Crippen LogP contribution in [0.3, 0.4) is 0 Å². The summed E-state index contributed by atoms with van der Waals surface area (Å²) in [5.41, 5.74) is 10.3. The van der Waals surface area contributed by atoms with Gasteiger partial charge in [0.15, 0.2) is 0 Å². The summed E-state index contributed by atoms with van der Waals surface area (Å²) < 4.78 is 10.4. The number of fused-ring (bicyclic) bond motifs is 5. The molecule has 2 heterocycles. The predicted octanol–water partition coefficient (Wildman–Crippen LogP) is 7.17. The van der Waals surface area contributed by atoms with Crippen LogP contribution in [0.1, 0.15) is 75.9 Å². The normalized spacial score (nSPS) is 22.3. The maximum absolute atomic E-state index is 14.3. The molecule has 2 fully saturated rings. The molecule has 5 atom stereocenters. The Morgan fingerprint density at radius 2 is 1.68 bits per heavy atom. The van der Waals surface area contributed by atoms with E-state index in [9.17, 15) is 9.59 Å². The highest BCUT2D eigenvalue weighted by atomic mass is 16.5. The molecule has 0 spiro atoms. The number of carbonyl (C=O) groups excluding carboxylic acids is 2. The third-order valence-corrected chi connectivity index (χ3v) is 11.0. The zero-order valence-electron chi connectivity index (χ0n) is 28.1. The third kappa shape index (κ3) is 5.25. The van der Waals surface area contributed by atoms with Crippen molar-refractivity contribution in [3.8, 4) is 22.3 Å². The van der Waals surface area contributed by atoms with E-state index in [0.29, 0.717) is 5.92 Å². The first-order valence-electron chi connectivity index (χ1n) is 16.8. The number of imidazole rings is 1. The van der Waals surface area contributed by atoms with Crippen molar-refractivity contribution >= 4 is 28.7 Å². The molecule has 1 aromatic heterocycles. The van der Waals surface area contributed by atoms with Gasteiger partial charge < -0.3 is 30.0 Å². The van der Waals surface area contributed by atoms with Gasteiger partial charge in [0, 0.05) is 31.3 Å². The largest absolute Gasteiger partial charge is 0.453 e. The van der Waals surface area contributed by atoms with E-state index in [-0.39, 0.29) is 23.4 Å². The number of amides is 2. The number of aromatic amines is 1. The van der Waals surface area contributed by atoms with Crippen LogP contribution < -0.4 is 10.6 Å². The molecular formula is C38H45N5O4. The summed E-state index contributed by atoms with van der Waals surface area (Å²) in [4.78, 5) is 37.2. The fourth-order valence-corrected chi connectivity index (χ4v) is 8.32. The van der Waals surface area contributed by atoms with Crippen LogP contribution in [0, 0.1) is 5.92 Å². The maximum Gasteiger partial charge on any atom is 0.407 e. The Labute approximate surface area is 276 Å². The summed E-state index contributed by atoms with van der Waals surface area (Å²) in [6, 6.07) is 18.8. The lowest BCUT2D eigenvalue weighted by molar-refractivity contribution is -0.140. The van der Waals surface area contributed by atoms with Crippen LogP contribution in [0.25, 0.3) is 33.3 Å². The number of hydrogen-bond donors (Lipinski definition) is 3. The van der Waals surface area contributed by atoms with Crippen molar-refractivity contribution in [1.29, 1.82) is 0 Å². The van der Waals surface area contributed by atoms with Crippen LogP contribution >= 0.6 is 0 Å². The number of likely N-dealkylation sites (tertiary alicyclic amines) is 1. The summed E-state index contributed by atoms with van der Waals surface area (Å²) in [5, 5.41) is 6.02. The van der Waals surface area contributed by atoms with Gasteiger partial charge in [0.2, 0.25) is 5.91 Å². The molecule has 1 aliphatic heterocycles. The topological polar surface area (TPSA) is 109 Å². The molecule has 3 unspecified atom stereocenters. The Hall–Kier alpha value is -4.37. The average Bonchev–Trinajstić information content (AvgIpc) is 3.76. The van der Waals surface area contributed by atoms with Gasteiger partial charge in [-0.25, -0.2) is 9.78 Å². The lowest BCUT2D eigenvalue weighted by atomic mass is 9.81. The quantitative estimate of drug-likeness (QED) is 0.199. The SMILES string of the molecule is CNc1ccc2c(c1)C(C)(C)c1cc(-c3ccc4nc(C5C[C@@H]6CCCCC6N5C(=O)C(NC(=O)OC)[C@@H](C)OC)[nH]c4c3)ccc1-2. The van der Waals surface area contributed by atoms with Crippen LogP contribution in [-0.2, 0) is 19.7 Å². The van der Waals surface area contributed by atoms with Crippen LogP contribution in [-0.4, -0.2) is 66.3 Å². The van der Waals surface area contributed by atoms with Crippen molar-refractivity contribution in [2.24, 2.45) is 5.92 Å². The maximum atomic E-state index is 14.3. The molecule has 3 aromatic carbocycles.